The molecule has 2 rings (SSSR count). The summed E-state index contributed by atoms with van der Waals surface area (Å²) in [6.07, 6.45) is -3.17. The molecule has 2 aliphatic rings. The SMILES string of the molecule is CC(=O)O[C@H]1O[C@H](OC(=O)C(C)(C)C)[C@@H]2OC(C)(C)O[C@H]12. The number of rotatable bonds is 2. The van der Waals surface area contributed by atoms with E-state index < -0.39 is 47.9 Å². The molecule has 2 heterocycles. The molecule has 0 radical (unpaired) electrons. The maximum atomic E-state index is 12.0. The first-order valence-corrected chi connectivity index (χ1v) is 6.89. The molecular formula is C14H22O7. The maximum absolute atomic E-state index is 12.0. The number of carbonyl (C=O) groups is 2. The van der Waals surface area contributed by atoms with Crippen LogP contribution in [0, 0.1) is 5.41 Å². The molecule has 21 heavy (non-hydrogen) atoms. The summed E-state index contributed by atoms with van der Waals surface area (Å²) >= 11 is 0. The second-order valence-electron chi connectivity index (χ2n) is 6.70. The molecule has 2 saturated heterocycles. The Morgan fingerprint density at radius 2 is 1.48 bits per heavy atom. The summed E-state index contributed by atoms with van der Waals surface area (Å²) in [5, 5.41) is 0. The smallest absolute Gasteiger partial charge is 0.313 e. The molecule has 0 aliphatic carbocycles. The molecule has 0 aromatic carbocycles. The van der Waals surface area contributed by atoms with Crippen LogP contribution in [0.2, 0.25) is 0 Å². The van der Waals surface area contributed by atoms with Crippen LogP contribution in [-0.2, 0) is 33.3 Å². The van der Waals surface area contributed by atoms with Gasteiger partial charge in [0, 0.05) is 6.92 Å². The van der Waals surface area contributed by atoms with Crippen LogP contribution in [0.3, 0.4) is 0 Å². The van der Waals surface area contributed by atoms with Gasteiger partial charge in [0.1, 0.15) is 0 Å². The van der Waals surface area contributed by atoms with E-state index in [1.165, 1.54) is 6.92 Å². The molecule has 0 amide bonds. The van der Waals surface area contributed by atoms with Crippen LogP contribution in [0.1, 0.15) is 41.5 Å². The number of carbonyl (C=O) groups excluding carboxylic acids is 2. The largest absolute Gasteiger partial charge is 0.433 e. The summed E-state index contributed by atoms with van der Waals surface area (Å²) in [5.74, 6) is -1.79. The summed E-state index contributed by atoms with van der Waals surface area (Å²) < 4.78 is 27.2. The zero-order valence-electron chi connectivity index (χ0n) is 13.2. The van der Waals surface area contributed by atoms with E-state index in [2.05, 4.69) is 0 Å². The molecule has 0 spiro atoms. The first-order valence-electron chi connectivity index (χ1n) is 6.89. The van der Waals surface area contributed by atoms with E-state index in [4.69, 9.17) is 23.7 Å². The van der Waals surface area contributed by atoms with Crippen molar-refractivity contribution in [1.29, 1.82) is 0 Å². The molecule has 0 bridgehead atoms. The Kier molecular flexibility index (Phi) is 4.03. The summed E-state index contributed by atoms with van der Waals surface area (Å²) in [5.41, 5.74) is -0.673. The average molecular weight is 302 g/mol. The minimum atomic E-state index is -0.965. The monoisotopic (exact) mass is 302 g/mol. The van der Waals surface area contributed by atoms with Gasteiger partial charge in [0.05, 0.1) is 5.41 Å². The van der Waals surface area contributed by atoms with Gasteiger partial charge >= 0.3 is 11.9 Å². The van der Waals surface area contributed by atoms with Gasteiger partial charge in [-0.1, -0.05) is 0 Å². The Hall–Kier alpha value is -1.18. The van der Waals surface area contributed by atoms with Crippen LogP contribution < -0.4 is 0 Å². The van der Waals surface area contributed by atoms with Crippen molar-refractivity contribution < 1.29 is 33.3 Å². The van der Waals surface area contributed by atoms with Crippen molar-refractivity contribution in [2.45, 2.75) is 72.1 Å². The lowest BCUT2D eigenvalue weighted by Crippen LogP contribution is -2.36. The molecule has 0 aromatic rings. The van der Waals surface area contributed by atoms with Crippen molar-refractivity contribution >= 4 is 11.9 Å². The van der Waals surface area contributed by atoms with Crippen molar-refractivity contribution in [3.8, 4) is 0 Å². The van der Waals surface area contributed by atoms with Gasteiger partial charge in [0.25, 0.3) is 0 Å². The van der Waals surface area contributed by atoms with Crippen molar-refractivity contribution in [1.82, 2.24) is 0 Å². The van der Waals surface area contributed by atoms with Crippen molar-refractivity contribution in [2.24, 2.45) is 5.41 Å². The van der Waals surface area contributed by atoms with Crippen LogP contribution in [0.5, 0.6) is 0 Å². The molecule has 7 heteroatoms. The van der Waals surface area contributed by atoms with E-state index in [9.17, 15) is 9.59 Å². The van der Waals surface area contributed by atoms with Gasteiger partial charge in [0.15, 0.2) is 18.0 Å². The first-order chi connectivity index (χ1) is 9.49. The van der Waals surface area contributed by atoms with Crippen LogP contribution in [0.4, 0.5) is 0 Å². The average Bonchev–Trinajstić information content (AvgIpc) is 2.73. The quantitative estimate of drug-likeness (QED) is 0.712. The van der Waals surface area contributed by atoms with Crippen molar-refractivity contribution in [2.75, 3.05) is 0 Å². The lowest BCUT2D eigenvalue weighted by Gasteiger charge is -2.25. The third kappa shape index (κ3) is 3.53. The second kappa shape index (κ2) is 5.23. The number of esters is 2. The van der Waals surface area contributed by atoms with Gasteiger partial charge in [-0.15, -0.1) is 0 Å². The Morgan fingerprint density at radius 1 is 1.00 bits per heavy atom. The van der Waals surface area contributed by atoms with E-state index in [1.807, 2.05) is 0 Å². The topological polar surface area (TPSA) is 80.3 Å². The highest BCUT2D eigenvalue weighted by Crippen LogP contribution is 2.40. The normalized spacial score (nSPS) is 34.4. The molecule has 120 valence electrons. The Morgan fingerprint density at radius 3 is 1.90 bits per heavy atom. The summed E-state index contributed by atoms with van der Waals surface area (Å²) in [6, 6.07) is 0. The summed E-state index contributed by atoms with van der Waals surface area (Å²) in [4.78, 5) is 23.1. The van der Waals surface area contributed by atoms with Crippen molar-refractivity contribution in [3.63, 3.8) is 0 Å². The van der Waals surface area contributed by atoms with Gasteiger partial charge < -0.3 is 18.9 Å². The van der Waals surface area contributed by atoms with Gasteiger partial charge in [-0.2, -0.15) is 0 Å². The molecule has 2 aliphatic heterocycles. The third-order valence-corrected chi connectivity index (χ3v) is 3.09. The fraction of sp³-hybridized carbons (Fsp3) is 0.857. The third-order valence-electron chi connectivity index (χ3n) is 3.09. The number of hydrogen-bond acceptors (Lipinski definition) is 7. The van der Waals surface area contributed by atoms with Crippen LogP contribution in [0.15, 0.2) is 0 Å². The molecule has 0 aromatic heterocycles. The minimum absolute atomic E-state index is 0.428. The number of hydrogen-bond donors (Lipinski definition) is 0. The van der Waals surface area contributed by atoms with Gasteiger partial charge in [0.2, 0.25) is 12.6 Å². The predicted octanol–water partition coefficient (Wildman–Crippen LogP) is 1.34. The van der Waals surface area contributed by atoms with Crippen LogP contribution in [0.25, 0.3) is 0 Å². The Bertz CT molecular complexity index is 437. The standard InChI is InChI=1S/C14H22O7/c1-7(15)17-10-8-9(21-14(5,6)20-8)11(18-10)19-12(16)13(2,3)4/h8-11H,1-6H3/t8-,9+,10-,11+/m0/s1. The lowest BCUT2D eigenvalue weighted by molar-refractivity contribution is -0.267. The van der Waals surface area contributed by atoms with E-state index in [1.54, 1.807) is 34.6 Å². The Labute approximate surface area is 123 Å². The highest BCUT2D eigenvalue weighted by molar-refractivity contribution is 5.75. The fourth-order valence-electron chi connectivity index (χ4n) is 2.16. The minimum Gasteiger partial charge on any atom is -0.433 e. The molecule has 4 atom stereocenters. The van der Waals surface area contributed by atoms with E-state index in [0.29, 0.717) is 0 Å². The molecule has 7 nitrogen and oxygen atoms in total. The van der Waals surface area contributed by atoms with Gasteiger partial charge in [-0.05, 0) is 34.6 Å². The summed E-state index contributed by atoms with van der Waals surface area (Å²) in [7, 11) is 0. The fourth-order valence-corrected chi connectivity index (χ4v) is 2.16. The summed E-state index contributed by atoms with van der Waals surface area (Å²) in [6.45, 7) is 9.95. The van der Waals surface area contributed by atoms with Gasteiger partial charge in [-0.3, -0.25) is 14.3 Å². The van der Waals surface area contributed by atoms with Crippen molar-refractivity contribution in [3.05, 3.63) is 0 Å². The highest BCUT2D eigenvalue weighted by atomic mass is 16.9. The second-order valence-corrected chi connectivity index (χ2v) is 6.70. The van der Waals surface area contributed by atoms with Crippen LogP contribution in [-0.4, -0.2) is 42.5 Å². The Balaban J connectivity index is 2.12. The zero-order chi connectivity index (χ0) is 16.0. The predicted molar refractivity (Wildman–Crippen MR) is 69.8 cm³/mol. The molecule has 0 unspecified atom stereocenters. The van der Waals surface area contributed by atoms with Gasteiger partial charge in [-0.25, -0.2) is 0 Å². The number of ether oxygens (including phenoxy) is 5. The van der Waals surface area contributed by atoms with E-state index in [0.717, 1.165) is 0 Å². The molecule has 0 saturated carbocycles. The molecule has 2 fully saturated rings. The lowest BCUT2D eigenvalue weighted by atomic mass is 9.97. The van der Waals surface area contributed by atoms with E-state index in [-0.39, 0.29) is 0 Å². The first kappa shape index (κ1) is 16.2. The zero-order valence-corrected chi connectivity index (χ0v) is 13.2. The number of fused-ring (bicyclic) bond motifs is 1. The van der Waals surface area contributed by atoms with Crippen LogP contribution >= 0.6 is 0 Å². The molecule has 0 N–H and O–H groups in total. The molecular weight excluding hydrogens is 280 g/mol. The highest BCUT2D eigenvalue weighted by Gasteiger charge is 2.58. The van der Waals surface area contributed by atoms with E-state index >= 15 is 0 Å². The maximum Gasteiger partial charge on any atom is 0.313 e.